The fraction of sp³-hybridized carbons (Fsp3) is 0.185. The number of rotatable bonds is 10. The number of carbonyl (C=O) groups is 2. The lowest BCUT2D eigenvalue weighted by Crippen LogP contribution is -2.25. The first kappa shape index (κ1) is 25.5. The second-order valence-electron chi connectivity index (χ2n) is 8.06. The van der Waals surface area contributed by atoms with Crippen molar-refractivity contribution in [3.05, 3.63) is 95.8 Å². The molecule has 0 saturated carbocycles. The average molecular weight is 519 g/mol. The highest BCUT2D eigenvalue weighted by molar-refractivity contribution is 8.00. The van der Waals surface area contributed by atoms with Crippen molar-refractivity contribution in [3.63, 3.8) is 0 Å². The molecule has 184 valence electrons. The molecule has 0 fully saturated rings. The van der Waals surface area contributed by atoms with E-state index in [1.807, 2.05) is 41.8 Å². The molecule has 1 amide bonds. The lowest BCUT2D eigenvalue weighted by atomic mass is 10.2. The Kier molecular flexibility index (Phi) is 8.45. The van der Waals surface area contributed by atoms with E-state index in [4.69, 9.17) is 0 Å². The predicted molar refractivity (Wildman–Crippen MR) is 144 cm³/mol. The van der Waals surface area contributed by atoms with Gasteiger partial charge in [-0.15, -0.1) is 22.0 Å². The van der Waals surface area contributed by atoms with Crippen LogP contribution in [-0.2, 0) is 10.5 Å². The van der Waals surface area contributed by atoms with Crippen LogP contribution in [0.3, 0.4) is 0 Å². The minimum Gasteiger partial charge on any atom is -0.478 e. The van der Waals surface area contributed by atoms with Crippen LogP contribution < -0.4 is 5.32 Å². The number of aryl methyl sites for hydroxylation is 1. The number of thioether (sulfide) groups is 2. The molecule has 1 atom stereocenters. The molecular formula is C27H26N4O3S2. The van der Waals surface area contributed by atoms with E-state index in [1.165, 1.54) is 29.5 Å². The highest BCUT2D eigenvalue weighted by atomic mass is 32.2. The summed E-state index contributed by atoms with van der Waals surface area (Å²) >= 11 is 3.03. The van der Waals surface area contributed by atoms with Gasteiger partial charge in [-0.2, -0.15) is 0 Å². The second-order valence-corrected chi connectivity index (χ2v) is 10.3. The smallest absolute Gasteiger partial charge is 0.335 e. The molecule has 0 radical (unpaired) electrons. The average Bonchev–Trinajstić information content (AvgIpc) is 3.29. The number of carboxylic acids is 1. The third kappa shape index (κ3) is 6.35. The van der Waals surface area contributed by atoms with Crippen molar-refractivity contribution in [1.29, 1.82) is 0 Å². The standard InChI is InChI=1S/C27H26N4O3S2/c1-3-23(25(32)28-20-9-7-8-19(16-20)26(33)34)36-27-30-29-24(31(27)21-10-5-4-6-11-21)17-35-22-14-12-18(2)13-15-22/h4-16,23H,3,17H2,1-2H3,(H,28,32)(H,33,34). The SMILES string of the molecule is CCC(Sc1nnc(CSc2ccc(C)cc2)n1-c1ccccc1)C(=O)Nc1cccc(C(=O)O)c1. The first-order valence-electron chi connectivity index (χ1n) is 11.4. The molecule has 3 aromatic carbocycles. The molecule has 7 nitrogen and oxygen atoms in total. The number of nitrogens with zero attached hydrogens (tertiary/aromatic N) is 3. The van der Waals surface area contributed by atoms with Gasteiger partial charge in [0.25, 0.3) is 0 Å². The van der Waals surface area contributed by atoms with Crippen LogP contribution in [0.1, 0.15) is 35.1 Å². The quantitative estimate of drug-likeness (QED) is 0.246. The fourth-order valence-electron chi connectivity index (χ4n) is 3.49. The van der Waals surface area contributed by atoms with E-state index < -0.39 is 11.2 Å². The van der Waals surface area contributed by atoms with Gasteiger partial charge in [-0.1, -0.05) is 60.6 Å². The van der Waals surface area contributed by atoms with E-state index in [2.05, 4.69) is 46.7 Å². The third-order valence-corrected chi connectivity index (χ3v) is 7.71. The van der Waals surface area contributed by atoms with Gasteiger partial charge in [0, 0.05) is 16.3 Å². The number of hydrogen-bond donors (Lipinski definition) is 2. The van der Waals surface area contributed by atoms with Crippen molar-refractivity contribution < 1.29 is 14.7 Å². The van der Waals surface area contributed by atoms with Crippen LogP contribution in [0.15, 0.2) is 88.9 Å². The Morgan fingerprint density at radius 3 is 2.44 bits per heavy atom. The van der Waals surface area contributed by atoms with Gasteiger partial charge in [0.1, 0.15) is 5.82 Å². The zero-order valence-corrected chi connectivity index (χ0v) is 21.6. The summed E-state index contributed by atoms with van der Waals surface area (Å²) in [5, 5.41) is 21.2. The van der Waals surface area contributed by atoms with Crippen LogP contribution in [0.25, 0.3) is 5.69 Å². The molecule has 1 unspecified atom stereocenters. The van der Waals surface area contributed by atoms with Gasteiger partial charge in [0.15, 0.2) is 5.16 Å². The van der Waals surface area contributed by atoms with E-state index in [0.717, 1.165) is 16.4 Å². The lowest BCUT2D eigenvalue weighted by molar-refractivity contribution is -0.115. The topological polar surface area (TPSA) is 97.1 Å². The number of benzene rings is 3. The molecule has 0 aliphatic heterocycles. The highest BCUT2D eigenvalue weighted by Crippen LogP contribution is 2.31. The van der Waals surface area contributed by atoms with Gasteiger partial charge in [0.05, 0.1) is 16.6 Å². The Balaban J connectivity index is 1.55. The van der Waals surface area contributed by atoms with Crippen molar-refractivity contribution in [2.45, 2.75) is 41.3 Å². The summed E-state index contributed by atoms with van der Waals surface area (Å²) in [6, 6.07) is 24.4. The van der Waals surface area contributed by atoms with E-state index >= 15 is 0 Å². The number of anilines is 1. The number of aromatic carboxylic acids is 1. The van der Waals surface area contributed by atoms with E-state index in [0.29, 0.717) is 23.0 Å². The lowest BCUT2D eigenvalue weighted by Gasteiger charge is -2.16. The number of nitrogens with one attached hydrogen (secondary N) is 1. The Morgan fingerprint density at radius 1 is 1.00 bits per heavy atom. The fourth-order valence-corrected chi connectivity index (χ4v) is 5.29. The predicted octanol–water partition coefficient (Wildman–Crippen LogP) is 6.08. The Bertz CT molecular complexity index is 1340. The molecule has 2 N–H and O–H groups in total. The van der Waals surface area contributed by atoms with Crippen LogP contribution >= 0.6 is 23.5 Å². The summed E-state index contributed by atoms with van der Waals surface area (Å²) in [5.41, 5.74) is 2.70. The monoisotopic (exact) mass is 518 g/mol. The van der Waals surface area contributed by atoms with Crippen LogP contribution in [0.2, 0.25) is 0 Å². The van der Waals surface area contributed by atoms with Crippen LogP contribution in [0, 0.1) is 6.92 Å². The largest absolute Gasteiger partial charge is 0.478 e. The number of amides is 1. The number of hydrogen-bond acceptors (Lipinski definition) is 6. The molecule has 0 aliphatic carbocycles. The molecule has 0 aliphatic rings. The molecule has 0 bridgehead atoms. The molecule has 1 aromatic heterocycles. The molecule has 4 rings (SSSR count). The molecule has 9 heteroatoms. The minimum absolute atomic E-state index is 0.119. The van der Waals surface area contributed by atoms with Crippen molar-refractivity contribution in [2.24, 2.45) is 0 Å². The maximum atomic E-state index is 13.1. The van der Waals surface area contributed by atoms with Gasteiger partial charge in [0.2, 0.25) is 5.91 Å². The second kappa shape index (κ2) is 11.9. The maximum Gasteiger partial charge on any atom is 0.335 e. The molecule has 0 spiro atoms. The molecule has 4 aromatic rings. The van der Waals surface area contributed by atoms with Crippen LogP contribution in [0.5, 0.6) is 0 Å². The van der Waals surface area contributed by atoms with Gasteiger partial charge in [-0.25, -0.2) is 4.79 Å². The van der Waals surface area contributed by atoms with E-state index in [9.17, 15) is 14.7 Å². The summed E-state index contributed by atoms with van der Waals surface area (Å²) in [4.78, 5) is 25.5. The summed E-state index contributed by atoms with van der Waals surface area (Å²) < 4.78 is 1.99. The van der Waals surface area contributed by atoms with E-state index in [-0.39, 0.29) is 11.5 Å². The molecular weight excluding hydrogens is 492 g/mol. The Labute approximate surface area is 218 Å². The molecule has 0 saturated heterocycles. The minimum atomic E-state index is -1.04. The Hall–Kier alpha value is -3.56. The summed E-state index contributed by atoms with van der Waals surface area (Å²) in [7, 11) is 0. The molecule has 1 heterocycles. The highest BCUT2D eigenvalue weighted by Gasteiger charge is 2.24. The number of aromatic nitrogens is 3. The summed E-state index contributed by atoms with van der Waals surface area (Å²) in [6.07, 6.45) is 0.560. The zero-order valence-electron chi connectivity index (χ0n) is 19.9. The van der Waals surface area contributed by atoms with Crippen molar-refractivity contribution in [3.8, 4) is 5.69 Å². The van der Waals surface area contributed by atoms with E-state index in [1.54, 1.807) is 23.9 Å². The number of carboxylic acid groups (broad SMARTS) is 1. The molecule has 36 heavy (non-hydrogen) atoms. The van der Waals surface area contributed by atoms with Crippen LogP contribution in [-0.4, -0.2) is 37.0 Å². The summed E-state index contributed by atoms with van der Waals surface area (Å²) in [6.45, 7) is 4.00. The third-order valence-electron chi connectivity index (χ3n) is 5.39. The number of carbonyl (C=O) groups excluding carboxylic acids is 1. The van der Waals surface area contributed by atoms with Crippen molar-refractivity contribution in [2.75, 3.05) is 5.32 Å². The Morgan fingerprint density at radius 2 is 1.75 bits per heavy atom. The summed E-state index contributed by atoms with van der Waals surface area (Å²) in [5.74, 6) is 0.151. The first-order valence-corrected chi connectivity index (χ1v) is 13.3. The first-order chi connectivity index (χ1) is 17.4. The van der Waals surface area contributed by atoms with Crippen LogP contribution in [0.4, 0.5) is 5.69 Å². The van der Waals surface area contributed by atoms with Crippen molar-refractivity contribution in [1.82, 2.24) is 14.8 Å². The van der Waals surface area contributed by atoms with Gasteiger partial charge < -0.3 is 10.4 Å². The zero-order chi connectivity index (χ0) is 25.5. The van der Waals surface area contributed by atoms with Gasteiger partial charge >= 0.3 is 5.97 Å². The van der Waals surface area contributed by atoms with Gasteiger partial charge in [-0.3, -0.25) is 9.36 Å². The van der Waals surface area contributed by atoms with Crippen molar-refractivity contribution >= 4 is 41.1 Å². The van der Waals surface area contributed by atoms with Gasteiger partial charge in [-0.05, 0) is 55.8 Å². The maximum absolute atomic E-state index is 13.1. The number of para-hydroxylation sites is 1. The normalized spacial score (nSPS) is 11.7.